The maximum absolute atomic E-state index is 6.33. The number of benzene rings is 4. The molecule has 5 nitrogen and oxygen atoms in total. The van der Waals surface area contributed by atoms with E-state index in [9.17, 15) is 0 Å². The van der Waals surface area contributed by atoms with Crippen LogP contribution in [0.4, 0.5) is 0 Å². The molecule has 170 valence electrons. The molecule has 4 aromatic carbocycles. The molecule has 0 unspecified atom stereocenters. The van der Waals surface area contributed by atoms with Gasteiger partial charge in [0.05, 0.1) is 6.20 Å². The molecule has 0 radical (unpaired) electrons. The maximum atomic E-state index is 6.33. The molecule has 3 heterocycles. The van der Waals surface area contributed by atoms with Gasteiger partial charge in [0.25, 0.3) is 0 Å². The van der Waals surface area contributed by atoms with Crippen LogP contribution in [0.1, 0.15) is 0 Å². The zero-order valence-corrected chi connectivity index (χ0v) is 19.6. The zero-order chi connectivity index (χ0) is 24.1. The van der Waals surface area contributed by atoms with Gasteiger partial charge in [-0.25, -0.2) is 4.98 Å². The summed E-state index contributed by atoms with van der Waals surface area (Å²) in [6.07, 6.45) is 3.48. The first-order chi connectivity index (χ1) is 17.7. The van der Waals surface area contributed by atoms with Crippen molar-refractivity contribution in [3.63, 3.8) is 0 Å². The van der Waals surface area contributed by atoms with Gasteiger partial charge in [-0.05, 0) is 51.7 Å². The largest absolute Gasteiger partial charge is 0.454 e. The fourth-order valence-electron chi connectivity index (χ4n) is 4.65. The molecule has 0 saturated heterocycles. The summed E-state index contributed by atoms with van der Waals surface area (Å²) < 4.78 is 5.98. The lowest BCUT2D eigenvalue weighted by molar-refractivity contribution is 0.667. The van der Waals surface area contributed by atoms with Crippen molar-refractivity contribution in [3.8, 4) is 33.9 Å². The summed E-state index contributed by atoms with van der Waals surface area (Å²) in [5, 5.41) is 4.61. The van der Waals surface area contributed by atoms with Crippen molar-refractivity contribution < 1.29 is 4.42 Å². The van der Waals surface area contributed by atoms with Crippen molar-refractivity contribution >= 4 is 44.3 Å². The smallest absolute Gasteiger partial charge is 0.226 e. The van der Waals surface area contributed by atoms with Gasteiger partial charge in [-0.15, -0.1) is 0 Å². The average Bonchev–Trinajstić information content (AvgIpc) is 3.30. The zero-order valence-electron chi connectivity index (χ0n) is 18.9. The minimum atomic E-state index is 0.141. The summed E-state index contributed by atoms with van der Waals surface area (Å²) in [6.45, 7) is 0. The second-order valence-electron chi connectivity index (χ2n) is 8.54. The molecule has 6 heteroatoms. The van der Waals surface area contributed by atoms with Gasteiger partial charge in [-0.2, -0.15) is 9.97 Å². The quantitative estimate of drug-likeness (QED) is 0.254. The molecule has 36 heavy (non-hydrogen) atoms. The Morgan fingerprint density at radius 2 is 1.31 bits per heavy atom. The summed E-state index contributed by atoms with van der Waals surface area (Å²) in [4.78, 5) is 17.6. The molecule has 0 saturated carbocycles. The SMILES string of the molecule is Clc1nc(-c2ccc(-c3cccc4ccccc34)cc2)nc(-c2ccc3c(c2)oc2cnccc23)n1. The number of pyridine rings is 1. The van der Waals surface area contributed by atoms with Gasteiger partial charge in [0.15, 0.2) is 17.2 Å². The summed E-state index contributed by atoms with van der Waals surface area (Å²) in [5.74, 6) is 1.01. The van der Waals surface area contributed by atoms with Crippen LogP contribution in [-0.4, -0.2) is 19.9 Å². The van der Waals surface area contributed by atoms with Crippen molar-refractivity contribution in [2.45, 2.75) is 0 Å². The third-order valence-corrected chi connectivity index (χ3v) is 6.56. The number of nitrogens with zero attached hydrogens (tertiary/aromatic N) is 4. The molecule has 0 fully saturated rings. The first-order valence-corrected chi connectivity index (χ1v) is 11.9. The van der Waals surface area contributed by atoms with E-state index in [0.29, 0.717) is 11.6 Å². The van der Waals surface area contributed by atoms with Crippen LogP contribution in [0, 0.1) is 0 Å². The molecule has 0 spiro atoms. The number of hydrogen-bond acceptors (Lipinski definition) is 5. The Bertz CT molecular complexity index is 1910. The molecular formula is C30H17ClN4O. The van der Waals surface area contributed by atoms with Crippen LogP contribution in [0.5, 0.6) is 0 Å². The predicted molar refractivity (Wildman–Crippen MR) is 144 cm³/mol. The van der Waals surface area contributed by atoms with Crippen molar-refractivity contribution in [2.75, 3.05) is 0 Å². The molecule has 7 aromatic rings. The Balaban J connectivity index is 1.28. The van der Waals surface area contributed by atoms with E-state index in [0.717, 1.165) is 38.6 Å². The highest BCUT2D eigenvalue weighted by Crippen LogP contribution is 2.33. The molecule has 0 aliphatic carbocycles. The van der Waals surface area contributed by atoms with Crippen molar-refractivity contribution in [3.05, 3.63) is 109 Å². The third-order valence-electron chi connectivity index (χ3n) is 6.39. The van der Waals surface area contributed by atoms with Gasteiger partial charge >= 0.3 is 0 Å². The lowest BCUT2D eigenvalue weighted by Crippen LogP contribution is -1.97. The van der Waals surface area contributed by atoms with Crippen molar-refractivity contribution in [2.24, 2.45) is 0 Å². The normalized spacial score (nSPS) is 11.5. The van der Waals surface area contributed by atoms with Crippen LogP contribution in [0.2, 0.25) is 5.28 Å². The average molecular weight is 485 g/mol. The lowest BCUT2D eigenvalue weighted by atomic mass is 9.97. The van der Waals surface area contributed by atoms with Crippen LogP contribution in [-0.2, 0) is 0 Å². The summed E-state index contributed by atoms with van der Waals surface area (Å²) in [6, 6.07) is 30.8. The molecule has 3 aromatic heterocycles. The second kappa shape index (κ2) is 8.26. The van der Waals surface area contributed by atoms with Gasteiger partial charge in [-0.1, -0.05) is 72.8 Å². The topological polar surface area (TPSA) is 64.7 Å². The molecule has 7 rings (SSSR count). The number of hydrogen-bond donors (Lipinski definition) is 0. The van der Waals surface area contributed by atoms with Crippen molar-refractivity contribution in [1.29, 1.82) is 0 Å². The number of aromatic nitrogens is 4. The van der Waals surface area contributed by atoms with E-state index < -0.39 is 0 Å². The van der Waals surface area contributed by atoms with E-state index in [4.69, 9.17) is 21.0 Å². The molecule has 0 atom stereocenters. The van der Waals surface area contributed by atoms with Gasteiger partial charge < -0.3 is 4.42 Å². The van der Waals surface area contributed by atoms with E-state index in [1.807, 2.05) is 36.4 Å². The van der Waals surface area contributed by atoms with Crippen molar-refractivity contribution in [1.82, 2.24) is 19.9 Å². The third kappa shape index (κ3) is 3.49. The van der Waals surface area contributed by atoms with E-state index in [-0.39, 0.29) is 5.28 Å². The Labute approximate surface area is 211 Å². The van der Waals surface area contributed by atoms with Crippen LogP contribution in [0.25, 0.3) is 66.6 Å². The summed E-state index contributed by atoms with van der Waals surface area (Å²) >= 11 is 6.33. The minimum Gasteiger partial charge on any atom is -0.454 e. The number of fused-ring (bicyclic) bond motifs is 4. The summed E-state index contributed by atoms with van der Waals surface area (Å²) in [7, 11) is 0. The lowest BCUT2D eigenvalue weighted by Gasteiger charge is -2.09. The fraction of sp³-hybridized carbons (Fsp3) is 0. The fourth-order valence-corrected chi connectivity index (χ4v) is 4.82. The van der Waals surface area contributed by atoms with Gasteiger partial charge in [-0.3, -0.25) is 4.98 Å². The molecular weight excluding hydrogens is 468 g/mol. The number of rotatable bonds is 3. The predicted octanol–water partition coefficient (Wildman–Crippen LogP) is 7.97. The highest BCUT2D eigenvalue weighted by Gasteiger charge is 2.13. The monoisotopic (exact) mass is 484 g/mol. The molecule has 0 bridgehead atoms. The second-order valence-corrected chi connectivity index (χ2v) is 8.88. The van der Waals surface area contributed by atoms with E-state index >= 15 is 0 Å². The van der Waals surface area contributed by atoms with Gasteiger partial charge in [0.1, 0.15) is 5.58 Å². The Hall–Kier alpha value is -4.61. The van der Waals surface area contributed by atoms with Crippen LogP contribution in [0.3, 0.4) is 0 Å². The Morgan fingerprint density at radius 1 is 0.583 bits per heavy atom. The standard InChI is InChI=1S/C30H17ClN4O/c31-30-34-28(20-10-8-19(9-11-20)23-7-3-5-18-4-1-2-6-22(18)23)33-29(35-30)21-12-13-24-25-14-15-32-17-27(25)36-26(24)16-21/h1-17H. The van der Waals surface area contributed by atoms with E-state index in [1.54, 1.807) is 12.4 Å². The molecule has 0 aliphatic rings. The Morgan fingerprint density at radius 3 is 2.19 bits per heavy atom. The van der Waals surface area contributed by atoms with E-state index in [2.05, 4.69) is 69.5 Å². The molecule has 0 amide bonds. The van der Waals surface area contributed by atoms with Crippen LogP contribution < -0.4 is 0 Å². The summed E-state index contributed by atoms with van der Waals surface area (Å²) in [5.41, 5.74) is 5.45. The van der Waals surface area contributed by atoms with Crippen LogP contribution in [0.15, 0.2) is 108 Å². The highest BCUT2D eigenvalue weighted by molar-refractivity contribution is 6.28. The van der Waals surface area contributed by atoms with Gasteiger partial charge in [0.2, 0.25) is 5.28 Å². The first kappa shape index (κ1) is 20.7. The van der Waals surface area contributed by atoms with Gasteiger partial charge in [0, 0.05) is 28.1 Å². The molecule has 0 aliphatic heterocycles. The maximum Gasteiger partial charge on any atom is 0.226 e. The highest BCUT2D eigenvalue weighted by atomic mass is 35.5. The first-order valence-electron chi connectivity index (χ1n) is 11.5. The number of furan rings is 1. The van der Waals surface area contributed by atoms with E-state index in [1.165, 1.54) is 16.3 Å². The number of halogens is 1. The van der Waals surface area contributed by atoms with Crippen LogP contribution >= 0.6 is 11.6 Å². The minimum absolute atomic E-state index is 0.141. The Kier molecular flexibility index (Phi) is 4.76. The molecule has 0 N–H and O–H groups in total.